The highest BCUT2D eigenvalue weighted by molar-refractivity contribution is 9.11. The van der Waals surface area contributed by atoms with E-state index in [0.717, 1.165) is 40.1 Å². The Bertz CT molecular complexity index is 360. The first-order chi connectivity index (χ1) is 8.65. The van der Waals surface area contributed by atoms with Gasteiger partial charge in [0.1, 0.15) is 0 Å². The second-order valence-electron chi connectivity index (χ2n) is 4.14. The van der Waals surface area contributed by atoms with Crippen molar-refractivity contribution in [3.05, 3.63) is 20.3 Å². The van der Waals surface area contributed by atoms with E-state index in [2.05, 4.69) is 28.2 Å². The maximum Gasteiger partial charge on any atom is 0.261 e. The zero-order chi connectivity index (χ0) is 13.4. The third-order valence-electron chi connectivity index (χ3n) is 2.47. The van der Waals surface area contributed by atoms with Crippen molar-refractivity contribution in [2.24, 2.45) is 0 Å². The van der Waals surface area contributed by atoms with Crippen LogP contribution in [0.15, 0.2) is 9.85 Å². The average Bonchev–Trinajstić information content (AvgIpc) is 2.68. The van der Waals surface area contributed by atoms with Crippen molar-refractivity contribution >= 4 is 33.2 Å². The van der Waals surface area contributed by atoms with Gasteiger partial charge < -0.3 is 10.1 Å². The number of ether oxygens (including phenoxy) is 1. The van der Waals surface area contributed by atoms with Gasteiger partial charge in [0.2, 0.25) is 0 Å². The summed E-state index contributed by atoms with van der Waals surface area (Å²) in [7, 11) is 0. The number of carbonyl (C=O) groups is 1. The molecule has 0 aromatic carbocycles. The van der Waals surface area contributed by atoms with Gasteiger partial charge >= 0.3 is 0 Å². The number of halogens is 1. The van der Waals surface area contributed by atoms with Gasteiger partial charge in [-0.2, -0.15) is 0 Å². The lowest BCUT2D eigenvalue weighted by Gasteiger charge is -2.04. The van der Waals surface area contributed by atoms with Crippen molar-refractivity contribution in [2.75, 3.05) is 19.8 Å². The van der Waals surface area contributed by atoms with Crippen molar-refractivity contribution in [3.8, 4) is 0 Å². The molecule has 1 amide bonds. The first kappa shape index (κ1) is 15.7. The number of aryl methyl sites for hydroxylation is 1. The minimum atomic E-state index is 0.00218. The van der Waals surface area contributed by atoms with Crippen LogP contribution in [0.2, 0.25) is 0 Å². The Hall–Kier alpha value is -0.390. The Morgan fingerprint density at radius 2 is 2.17 bits per heavy atom. The van der Waals surface area contributed by atoms with Crippen LogP contribution in [0.5, 0.6) is 0 Å². The molecule has 3 nitrogen and oxygen atoms in total. The smallest absolute Gasteiger partial charge is 0.261 e. The predicted molar refractivity (Wildman–Crippen MR) is 79.4 cm³/mol. The molecule has 0 atom stereocenters. The summed E-state index contributed by atoms with van der Waals surface area (Å²) in [6, 6.07) is 1.90. The maximum absolute atomic E-state index is 11.8. The van der Waals surface area contributed by atoms with Crippen molar-refractivity contribution in [1.29, 1.82) is 0 Å². The van der Waals surface area contributed by atoms with Crippen molar-refractivity contribution in [2.45, 2.75) is 33.1 Å². The molecule has 1 rings (SSSR count). The molecule has 0 unspecified atom stereocenters. The number of rotatable bonds is 8. The molecular weight excluding hydrogens is 314 g/mol. The number of hydrogen-bond donors (Lipinski definition) is 1. The Morgan fingerprint density at radius 1 is 1.44 bits per heavy atom. The van der Waals surface area contributed by atoms with E-state index in [-0.39, 0.29) is 5.91 Å². The topological polar surface area (TPSA) is 38.3 Å². The minimum absolute atomic E-state index is 0.00218. The highest BCUT2D eigenvalue weighted by atomic mass is 79.9. The van der Waals surface area contributed by atoms with Crippen LogP contribution in [-0.4, -0.2) is 25.7 Å². The molecule has 0 spiro atoms. The molecule has 0 bridgehead atoms. The summed E-state index contributed by atoms with van der Waals surface area (Å²) in [5, 5.41) is 2.90. The predicted octanol–water partition coefficient (Wildman–Crippen LogP) is 3.76. The number of unbranched alkanes of at least 4 members (excludes halogenated alkanes) is 1. The summed E-state index contributed by atoms with van der Waals surface area (Å²) in [4.78, 5) is 12.5. The van der Waals surface area contributed by atoms with Gasteiger partial charge in [-0.05, 0) is 47.3 Å². The molecule has 0 saturated carbocycles. The van der Waals surface area contributed by atoms with Crippen LogP contribution in [0.4, 0.5) is 0 Å². The molecule has 1 aromatic rings. The first-order valence-corrected chi connectivity index (χ1v) is 7.88. The van der Waals surface area contributed by atoms with E-state index in [1.54, 1.807) is 0 Å². The lowest BCUT2D eigenvalue weighted by Crippen LogP contribution is -2.24. The van der Waals surface area contributed by atoms with Crippen LogP contribution < -0.4 is 5.32 Å². The minimum Gasteiger partial charge on any atom is -0.381 e. The van der Waals surface area contributed by atoms with Crippen LogP contribution in [0.25, 0.3) is 0 Å². The molecule has 1 aromatic heterocycles. The van der Waals surface area contributed by atoms with E-state index < -0.39 is 0 Å². The Labute approximate surface area is 121 Å². The Balaban J connectivity index is 2.14. The van der Waals surface area contributed by atoms with Crippen molar-refractivity contribution in [3.63, 3.8) is 0 Å². The second-order valence-corrected chi connectivity index (χ2v) is 6.51. The lowest BCUT2D eigenvalue weighted by atomic mass is 10.3. The molecule has 0 aliphatic heterocycles. The third kappa shape index (κ3) is 5.50. The molecule has 1 N–H and O–H groups in total. The normalized spacial score (nSPS) is 10.6. The maximum atomic E-state index is 11.8. The lowest BCUT2D eigenvalue weighted by molar-refractivity contribution is 0.0944. The van der Waals surface area contributed by atoms with Gasteiger partial charge in [-0.25, -0.2) is 0 Å². The van der Waals surface area contributed by atoms with E-state index in [0.29, 0.717) is 13.2 Å². The number of thiophene rings is 1. The van der Waals surface area contributed by atoms with E-state index in [9.17, 15) is 4.79 Å². The molecule has 0 aliphatic carbocycles. The molecule has 5 heteroatoms. The van der Waals surface area contributed by atoms with E-state index in [1.807, 2.05) is 13.0 Å². The molecular formula is C13H20BrNO2S. The molecule has 0 saturated heterocycles. The number of nitrogens with one attached hydrogen (secondary N) is 1. The van der Waals surface area contributed by atoms with Crippen LogP contribution in [0, 0.1) is 6.92 Å². The molecule has 18 heavy (non-hydrogen) atoms. The summed E-state index contributed by atoms with van der Waals surface area (Å²) >= 11 is 4.89. The Morgan fingerprint density at radius 3 is 2.78 bits per heavy atom. The van der Waals surface area contributed by atoms with Crippen LogP contribution in [0.3, 0.4) is 0 Å². The number of hydrogen-bond acceptors (Lipinski definition) is 3. The molecule has 0 aliphatic rings. The molecule has 102 valence electrons. The monoisotopic (exact) mass is 333 g/mol. The van der Waals surface area contributed by atoms with Gasteiger partial charge in [0.05, 0.1) is 8.66 Å². The van der Waals surface area contributed by atoms with Crippen LogP contribution in [-0.2, 0) is 4.74 Å². The summed E-state index contributed by atoms with van der Waals surface area (Å²) in [5.41, 5.74) is 1.10. The van der Waals surface area contributed by atoms with Gasteiger partial charge in [0, 0.05) is 19.8 Å². The summed E-state index contributed by atoms with van der Waals surface area (Å²) < 4.78 is 6.45. The fraction of sp³-hybridized carbons (Fsp3) is 0.615. The van der Waals surface area contributed by atoms with Crippen molar-refractivity contribution in [1.82, 2.24) is 5.32 Å². The highest BCUT2D eigenvalue weighted by Crippen LogP contribution is 2.27. The molecule has 1 heterocycles. The first-order valence-electron chi connectivity index (χ1n) is 6.27. The quantitative estimate of drug-likeness (QED) is 0.735. The largest absolute Gasteiger partial charge is 0.381 e. The standard InChI is InChI=1S/C13H20BrNO2S/c1-3-4-7-17-8-5-6-15-13(16)11-9-10(2)12(14)18-11/h9H,3-8H2,1-2H3,(H,15,16). The third-order valence-corrected chi connectivity index (χ3v) is 4.61. The van der Waals surface area contributed by atoms with Gasteiger partial charge in [0.25, 0.3) is 5.91 Å². The fourth-order valence-electron chi connectivity index (χ4n) is 1.38. The Kier molecular flexibility index (Phi) is 7.54. The van der Waals surface area contributed by atoms with Gasteiger partial charge in [-0.15, -0.1) is 11.3 Å². The number of carbonyl (C=O) groups excluding carboxylic acids is 1. The van der Waals surface area contributed by atoms with E-state index in [1.165, 1.54) is 11.3 Å². The summed E-state index contributed by atoms with van der Waals surface area (Å²) in [6.45, 7) is 6.33. The zero-order valence-electron chi connectivity index (χ0n) is 10.9. The second kappa shape index (κ2) is 8.67. The van der Waals surface area contributed by atoms with Crippen molar-refractivity contribution < 1.29 is 9.53 Å². The SMILES string of the molecule is CCCCOCCCNC(=O)c1cc(C)c(Br)s1. The van der Waals surface area contributed by atoms with Crippen LogP contribution >= 0.6 is 27.3 Å². The highest BCUT2D eigenvalue weighted by Gasteiger charge is 2.10. The van der Waals surface area contributed by atoms with Crippen LogP contribution in [0.1, 0.15) is 41.4 Å². The van der Waals surface area contributed by atoms with Gasteiger partial charge in [-0.3, -0.25) is 4.79 Å². The summed E-state index contributed by atoms with van der Waals surface area (Å²) in [5.74, 6) is 0.00218. The van der Waals surface area contributed by atoms with E-state index >= 15 is 0 Å². The van der Waals surface area contributed by atoms with Gasteiger partial charge in [-0.1, -0.05) is 13.3 Å². The molecule has 0 fully saturated rings. The zero-order valence-corrected chi connectivity index (χ0v) is 13.3. The van der Waals surface area contributed by atoms with E-state index in [4.69, 9.17) is 4.74 Å². The average molecular weight is 334 g/mol. The number of amides is 1. The fourth-order valence-corrected chi connectivity index (χ4v) is 2.83. The van der Waals surface area contributed by atoms with Gasteiger partial charge in [0.15, 0.2) is 0 Å². The molecule has 0 radical (unpaired) electrons. The summed E-state index contributed by atoms with van der Waals surface area (Å²) in [6.07, 6.45) is 3.12.